The van der Waals surface area contributed by atoms with Crippen LogP contribution in [0.15, 0.2) is 42.5 Å². The number of carbonyl (C=O) groups excluding carboxylic acids is 4. The number of aliphatic carboxylic acids is 1. The number of amides is 4. The van der Waals surface area contributed by atoms with Gasteiger partial charge in [0.15, 0.2) is 0 Å². The highest BCUT2D eigenvalue weighted by molar-refractivity contribution is 5.93. The van der Waals surface area contributed by atoms with Crippen LogP contribution < -0.4 is 27.0 Å². The second-order valence-electron chi connectivity index (χ2n) is 10.7. The number of aromatic hydroxyl groups is 1. The van der Waals surface area contributed by atoms with Crippen LogP contribution in [0.5, 0.6) is 5.75 Å². The molecule has 228 valence electrons. The first kappa shape index (κ1) is 33.8. The molecule has 0 bridgehead atoms. The normalized spacial score (nSPS) is 13.0. The van der Waals surface area contributed by atoms with Gasteiger partial charge in [0.05, 0.1) is 19.1 Å². The number of hydrogen-bond donors (Lipinski definition) is 7. The summed E-state index contributed by atoms with van der Waals surface area (Å²) >= 11 is 0. The molecule has 2 rings (SSSR count). The van der Waals surface area contributed by atoms with E-state index < -0.39 is 60.8 Å². The van der Waals surface area contributed by atoms with E-state index >= 15 is 0 Å². The summed E-state index contributed by atoms with van der Waals surface area (Å²) in [6.07, 6.45) is 0.527. The summed E-state index contributed by atoms with van der Waals surface area (Å²) in [6, 6.07) is 8.91. The summed E-state index contributed by atoms with van der Waals surface area (Å²) in [4.78, 5) is 62.0. The monoisotopic (exact) mass is 583 g/mol. The molecule has 0 fully saturated rings. The Labute approximate surface area is 245 Å². The van der Waals surface area contributed by atoms with Gasteiger partial charge in [-0.05, 0) is 67.0 Å². The molecular formula is C30H41N5O7. The molecule has 0 saturated carbocycles. The van der Waals surface area contributed by atoms with E-state index in [2.05, 4.69) is 21.3 Å². The maximum absolute atomic E-state index is 13.0. The van der Waals surface area contributed by atoms with Gasteiger partial charge in [-0.1, -0.05) is 44.2 Å². The number of carbonyl (C=O) groups is 5. The molecule has 4 amide bonds. The highest BCUT2D eigenvalue weighted by Gasteiger charge is 2.27. The van der Waals surface area contributed by atoms with Gasteiger partial charge in [-0.25, -0.2) is 4.79 Å². The predicted octanol–water partition coefficient (Wildman–Crippen LogP) is 0.454. The second kappa shape index (κ2) is 16.1. The molecule has 0 spiro atoms. The van der Waals surface area contributed by atoms with Crippen molar-refractivity contribution in [2.75, 3.05) is 13.1 Å². The quantitative estimate of drug-likeness (QED) is 0.157. The van der Waals surface area contributed by atoms with Crippen molar-refractivity contribution in [2.24, 2.45) is 11.7 Å². The summed E-state index contributed by atoms with van der Waals surface area (Å²) in [5.41, 5.74) is 9.16. The lowest BCUT2D eigenvalue weighted by Gasteiger charge is -2.22. The molecule has 0 unspecified atom stereocenters. The summed E-state index contributed by atoms with van der Waals surface area (Å²) < 4.78 is 0. The molecular weight excluding hydrogens is 542 g/mol. The maximum Gasteiger partial charge on any atom is 0.326 e. The molecule has 12 heteroatoms. The number of phenolic OH excluding ortho intramolecular Hbond substituents is 1. The van der Waals surface area contributed by atoms with Crippen LogP contribution >= 0.6 is 0 Å². The van der Waals surface area contributed by atoms with E-state index in [4.69, 9.17) is 5.73 Å². The number of nitrogens with two attached hydrogens (primary N) is 1. The minimum absolute atomic E-state index is 0.0138. The lowest BCUT2D eigenvalue weighted by molar-refractivity contribution is -0.142. The Kier molecular flexibility index (Phi) is 12.9. The topological polar surface area (TPSA) is 200 Å². The van der Waals surface area contributed by atoms with Gasteiger partial charge in [-0.3, -0.25) is 19.2 Å². The van der Waals surface area contributed by atoms with Gasteiger partial charge < -0.3 is 37.2 Å². The molecule has 0 aliphatic carbocycles. The minimum Gasteiger partial charge on any atom is -0.508 e. The summed E-state index contributed by atoms with van der Waals surface area (Å²) in [5, 5.41) is 29.1. The number of rotatable bonds is 15. The third-order valence-electron chi connectivity index (χ3n) is 6.57. The first-order valence-corrected chi connectivity index (χ1v) is 13.7. The average Bonchev–Trinajstić information content (AvgIpc) is 2.91. The van der Waals surface area contributed by atoms with Gasteiger partial charge in [-0.2, -0.15) is 0 Å². The minimum atomic E-state index is -1.18. The number of benzene rings is 2. The van der Waals surface area contributed by atoms with E-state index in [-0.39, 0.29) is 30.9 Å². The second-order valence-corrected chi connectivity index (χ2v) is 10.7. The largest absolute Gasteiger partial charge is 0.508 e. The summed E-state index contributed by atoms with van der Waals surface area (Å²) in [7, 11) is 0. The molecule has 3 atom stereocenters. The van der Waals surface area contributed by atoms with Crippen molar-refractivity contribution in [1.82, 2.24) is 21.3 Å². The van der Waals surface area contributed by atoms with Crippen molar-refractivity contribution in [1.29, 1.82) is 0 Å². The van der Waals surface area contributed by atoms with Crippen molar-refractivity contribution in [3.63, 3.8) is 0 Å². The Morgan fingerprint density at radius 2 is 1.40 bits per heavy atom. The summed E-state index contributed by atoms with van der Waals surface area (Å²) in [5.74, 6) is -3.58. The maximum atomic E-state index is 13.0. The molecule has 0 heterocycles. The molecule has 12 nitrogen and oxygen atoms in total. The van der Waals surface area contributed by atoms with Crippen LogP contribution in [0, 0.1) is 19.8 Å². The van der Waals surface area contributed by atoms with Gasteiger partial charge in [0.1, 0.15) is 17.8 Å². The Morgan fingerprint density at radius 3 is 1.98 bits per heavy atom. The van der Waals surface area contributed by atoms with Crippen LogP contribution in [0.1, 0.15) is 42.5 Å². The zero-order chi connectivity index (χ0) is 31.4. The Bertz CT molecular complexity index is 1240. The molecule has 0 saturated heterocycles. The van der Waals surface area contributed by atoms with Gasteiger partial charge >= 0.3 is 5.97 Å². The highest BCUT2D eigenvalue weighted by Crippen LogP contribution is 2.21. The highest BCUT2D eigenvalue weighted by atomic mass is 16.4. The smallest absolute Gasteiger partial charge is 0.326 e. The lowest BCUT2D eigenvalue weighted by Crippen LogP contribution is -2.54. The van der Waals surface area contributed by atoms with Gasteiger partial charge in [0.25, 0.3) is 0 Å². The van der Waals surface area contributed by atoms with Gasteiger partial charge in [-0.15, -0.1) is 0 Å². The SMILES string of the molecule is Cc1cc(O)cc(C)c1C[C@@H](N)C(=O)NCC(=O)NCC(=O)N[C@@H](Cc1ccccc1)C(=O)N[C@@H](CC(C)C)C(=O)O. The number of carboxylic acid groups (broad SMARTS) is 1. The molecule has 8 N–H and O–H groups in total. The first-order chi connectivity index (χ1) is 19.8. The fraction of sp³-hybridized carbons (Fsp3) is 0.433. The van der Waals surface area contributed by atoms with Crippen molar-refractivity contribution >= 4 is 29.6 Å². The van der Waals surface area contributed by atoms with Crippen molar-refractivity contribution < 1.29 is 34.2 Å². The zero-order valence-corrected chi connectivity index (χ0v) is 24.4. The average molecular weight is 584 g/mol. The third-order valence-corrected chi connectivity index (χ3v) is 6.57. The van der Waals surface area contributed by atoms with Crippen LogP contribution in [0.4, 0.5) is 0 Å². The fourth-order valence-electron chi connectivity index (χ4n) is 4.41. The van der Waals surface area contributed by atoms with E-state index in [1.807, 2.05) is 13.8 Å². The molecule has 2 aromatic carbocycles. The molecule has 0 radical (unpaired) electrons. The van der Waals surface area contributed by atoms with Crippen LogP contribution in [0.25, 0.3) is 0 Å². The Hall–Kier alpha value is -4.45. The van der Waals surface area contributed by atoms with Crippen LogP contribution in [-0.4, -0.2) is 71.0 Å². The van der Waals surface area contributed by atoms with Crippen LogP contribution in [-0.2, 0) is 36.8 Å². The van der Waals surface area contributed by atoms with Crippen LogP contribution in [0.2, 0.25) is 0 Å². The van der Waals surface area contributed by atoms with E-state index in [0.717, 1.165) is 22.3 Å². The number of carboxylic acids is 1. The van der Waals surface area contributed by atoms with E-state index in [0.29, 0.717) is 0 Å². The number of aryl methyl sites for hydroxylation is 2. The molecule has 0 aromatic heterocycles. The number of hydrogen-bond acceptors (Lipinski definition) is 7. The molecule has 2 aromatic rings. The van der Waals surface area contributed by atoms with Crippen molar-refractivity contribution in [3.8, 4) is 5.75 Å². The number of nitrogens with one attached hydrogen (secondary N) is 4. The number of phenols is 1. The Balaban J connectivity index is 1.91. The lowest BCUT2D eigenvalue weighted by atomic mass is 9.96. The molecule has 42 heavy (non-hydrogen) atoms. The van der Waals surface area contributed by atoms with E-state index in [9.17, 15) is 34.2 Å². The molecule has 0 aliphatic rings. The fourth-order valence-corrected chi connectivity index (χ4v) is 4.41. The van der Waals surface area contributed by atoms with E-state index in [1.54, 1.807) is 56.3 Å². The third kappa shape index (κ3) is 11.2. The predicted molar refractivity (Wildman–Crippen MR) is 156 cm³/mol. The standard InChI is InChI=1S/C30H41N5O7/c1-17(2)10-25(30(41)42)35-29(40)24(13-20-8-6-5-7-9-20)34-27(38)16-32-26(37)15-33-28(39)23(31)14-22-18(3)11-21(36)12-19(22)4/h5-9,11-12,17,23-25,36H,10,13-16,31H2,1-4H3,(H,32,37)(H,33,39)(H,34,38)(H,35,40)(H,41,42)/t23-,24+,25+/m1/s1. The summed E-state index contributed by atoms with van der Waals surface area (Å²) in [6.45, 7) is 6.38. The van der Waals surface area contributed by atoms with Crippen LogP contribution in [0.3, 0.4) is 0 Å². The molecule has 0 aliphatic heterocycles. The zero-order valence-electron chi connectivity index (χ0n) is 24.4. The Morgan fingerprint density at radius 1 is 0.810 bits per heavy atom. The van der Waals surface area contributed by atoms with E-state index in [1.165, 1.54) is 0 Å². The van der Waals surface area contributed by atoms with Gasteiger partial charge in [0, 0.05) is 6.42 Å². The van der Waals surface area contributed by atoms with Crippen molar-refractivity contribution in [3.05, 3.63) is 64.7 Å². The van der Waals surface area contributed by atoms with Gasteiger partial charge in [0.2, 0.25) is 23.6 Å². The van der Waals surface area contributed by atoms with Crippen molar-refractivity contribution in [2.45, 2.75) is 65.1 Å². The first-order valence-electron chi connectivity index (χ1n) is 13.7.